The summed E-state index contributed by atoms with van der Waals surface area (Å²) in [6, 6.07) is 8.03. The van der Waals surface area contributed by atoms with Gasteiger partial charge in [0.15, 0.2) is 17.9 Å². The number of esters is 1. The zero-order chi connectivity index (χ0) is 30.0. The molecule has 2 heterocycles. The molecule has 1 saturated heterocycles. The highest BCUT2D eigenvalue weighted by Gasteiger charge is 2.62. The average molecular weight is 608 g/mol. The van der Waals surface area contributed by atoms with Crippen molar-refractivity contribution in [2.24, 2.45) is 5.92 Å². The topological polar surface area (TPSA) is 152 Å². The lowest BCUT2D eigenvalue weighted by molar-refractivity contribution is -0.151. The van der Waals surface area contributed by atoms with Crippen LogP contribution >= 0.6 is 19.2 Å². The number of aliphatic hydroxyl groups excluding tert-OH is 1. The molecule has 40 heavy (non-hydrogen) atoms. The van der Waals surface area contributed by atoms with Gasteiger partial charge in [-0.1, -0.05) is 25.1 Å². The van der Waals surface area contributed by atoms with Gasteiger partial charge in [-0.15, -0.1) is 11.6 Å². The van der Waals surface area contributed by atoms with Crippen LogP contribution in [0.1, 0.15) is 40.8 Å². The molecule has 1 aliphatic heterocycles. The summed E-state index contributed by atoms with van der Waals surface area (Å²) >= 11 is 6.44. The summed E-state index contributed by atoms with van der Waals surface area (Å²) in [7, 11) is -4.25. The predicted molar refractivity (Wildman–Crippen MR) is 142 cm³/mol. The lowest BCUT2D eigenvalue weighted by Gasteiger charge is -2.36. The fourth-order valence-electron chi connectivity index (χ4n) is 4.24. The minimum atomic E-state index is -4.25. The Morgan fingerprint density at radius 3 is 2.52 bits per heavy atom. The number of hydrogen-bond acceptors (Lipinski definition) is 10. The van der Waals surface area contributed by atoms with E-state index >= 15 is 0 Å². The largest absolute Gasteiger partial charge is 0.463 e. The van der Waals surface area contributed by atoms with Crippen LogP contribution < -0.4 is 15.9 Å². The fraction of sp³-hybridized carbons (Fsp3) is 0.560. The van der Waals surface area contributed by atoms with E-state index in [0.717, 1.165) is 0 Å². The number of nitrogens with zero attached hydrogens (tertiary/aromatic N) is 2. The van der Waals surface area contributed by atoms with E-state index in [9.17, 15) is 28.0 Å². The zero-order valence-corrected chi connectivity index (χ0v) is 24.3. The molecule has 1 aromatic carbocycles. The number of rotatable bonds is 11. The van der Waals surface area contributed by atoms with E-state index in [2.05, 4.69) is 4.98 Å². The molecule has 222 valence electrons. The summed E-state index contributed by atoms with van der Waals surface area (Å²) in [4.78, 5) is 26.0. The summed E-state index contributed by atoms with van der Waals surface area (Å²) in [6.45, 7) is 6.15. The standard InChI is InChI=1S/C25H33ClF2N3O8P/c1-14(2)36-21(33)15(3)12-40(35,38-16-9-7-6-8-10-16)39-24(4,5)19-18(32)25(26,13-27)22(37-19)31-11-17(28)20(29)30-23(31)34/h6-11,14-15,18-19,22,32H,12-13H2,1-5H3,(H2,29,30,34)/t15-,18+,19+,22-,25?,40+/m1/s1. The number of anilines is 1. The number of aliphatic hydroxyl groups is 1. The predicted octanol–water partition coefficient (Wildman–Crippen LogP) is 3.83. The van der Waals surface area contributed by atoms with Crippen LogP contribution in [0.5, 0.6) is 5.75 Å². The van der Waals surface area contributed by atoms with Gasteiger partial charge in [-0.25, -0.2) is 18.1 Å². The Morgan fingerprint density at radius 2 is 1.95 bits per heavy atom. The minimum absolute atomic E-state index is 0.169. The molecule has 1 aliphatic rings. The van der Waals surface area contributed by atoms with E-state index in [1.165, 1.54) is 32.9 Å². The third kappa shape index (κ3) is 6.83. The molecule has 0 bridgehead atoms. The van der Waals surface area contributed by atoms with Crippen molar-refractivity contribution in [3.63, 3.8) is 0 Å². The van der Waals surface area contributed by atoms with Crippen molar-refractivity contribution >= 4 is 31.0 Å². The van der Waals surface area contributed by atoms with E-state index < -0.39 is 84.7 Å². The Balaban J connectivity index is 1.97. The average Bonchev–Trinajstić information content (AvgIpc) is 3.12. The first-order valence-corrected chi connectivity index (χ1v) is 14.5. The van der Waals surface area contributed by atoms with Gasteiger partial charge < -0.3 is 24.8 Å². The maximum atomic E-state index is 14.3. The summed E-state index contributed by atoms with van der Waals surface area (Å²) in [5.41, 5.74) is 2.49. The van der Waals surface area contributed by atoms with Crippen LogP contribution in [0.3, 0.4) is 0 Å². The van der Waals surface area contributed by atoms with E-state index in [1.54, 1.807) is 32.0 Å². The van der Waals surface area contributed by atoms with Gasteiger partial charge >= 0.3 is 19.3 Å². The second kappa shape index (κ2) is 12.1. The SMILES string of the molecule is CC(C)OC(=O)[C@H](C)C[P@](=O)(Oc1ccccc1)OC(C)(C)[C@H]1O[C@@H](n2cc(F)c(N)nc2=O)C(Cl)(CF)[C@H]1O. The number of carbonyl (C=O) groups is 1. The summed E-state index contributed by atoms with van der Waals surface area (Å²) in [5, 5.41) is 11.1. The third-order valence-corrected chi connectivity index (χ3v) is 8.90. The number of nitrogens with two attached hydrogens (primary N) is 1. The number of benzene rings is 1. The number of alkyl halides is 2. The molecular weight excluding hydrogens is 575 g/mol. The molecule has 3 rings (SSSR count). The summed E-state index contributed by atoms with van der Waals surface area (Å²) < 4.78 is 66.0. The first kappa shape index (κ1) is 32.0. The van der Waals surface area contributed by atoms with Crippen LogP contribution in [0.4, 0.5) is 14.6 Å². The van der Waals surface area contributed by atoms with Gasteiger partial charge in [0.05, 0.1) is 24.4 Å². The minimum Gasteiger partial charge on any atom is -0.463 e. The molecule has 6 atom stereocenters. The molecule has 15 heteroatoms. The summed E-state index contributed by atoms with van der Waals surface area (Å²) in [6.07, 6.45) is -5.36. The molecular formula is C25H33ClF2N3O8P. The van der Waals surface area contributed by atoms with Crippen LogP contribution in [-0.4, -0.2) is 62.3 Å². The van der Waals surface area contributed by atoms with Gasteiger partial charge in [0, 0.05) is 0 Å². The maximum Gasteiger partial charge on any atom is 0.380 e. The summed E-state index contributed by atoms with van der Waals surface area (Å²) in [5.74, 6) is -3.19. The highest BCUT2D eigenvalue weighted by atomic mass is 35.5. The smallest absolute Gasteiger partial charge is 0.380 e. The number of hydrogen-bond donors (Lipinski definition) is 2. The number of ether oxygens (including phenoxy) is 2. The number of para-hydroxylation sites is 1. The molecule has 0 spiro atoms. The van der Waals surface area contributed by atoms with Crippen LogP contribution in [0, 0.1) is 11.7 Å². The molecule has 3 N–H and O–H groups in total. The van der Waals surface area contributed by atoms with Gasteiger partial charge in [-0.2, -0.15) is 4.98 Å². The Hall–Kier alpha value is -2.57. The third-order valence-electron chi connectivity index (χ3n) is 6.16. The van der Waals surface area contributed by atoms with Crippen LogP contribution in [-0.2, 0) is 23.4 Å². The Kier molecular flexibility index (Phi) is 9.68. The van der Waals surface area contributed by atoms with Gasteiger partial charge in [-0.05, 0) is 39.8 Å². The monoisotopic (exact) mass is 607 g/mol. The van der Waals surface area contributed by atoms with Gasteiger partial charge in [0.2, 0.25) is 0 Å². The second-order valence-corrected chi connectivity index (χ2v) is 13.0. The molecule has 2 aromatic rings. The highest BCUT2D eigenvalue weighted by Crippen LogP contribution is 2.56. The van der Waals surface area contributed by atoms with Crippen molar-refractivity contribution in [1.82, 2.24) is 9.55 Å². The normalized spacial score (nSPS) is 25.4. The number of aromatic nitrogens is 2. The van der Waals surface area contributed by atoms with E-state index in [0.29, 0.717) is 10.8 Å². The van der Waals surface area contributed by atoms with Crippen LogP contribution in [0.2, 0.25) is 0 Å². The van der Waals surface area contributed by atoms with E-state index in [-0.39, 0.29) is 5.75 Å². The molecule has 0 amide bonds. The molecule has 0 saturated carbocycles. The van der Waals surface area contributed by atoms with Crippen molar-refractivity contribution in [3.05, 3.63) is 52.8 Å². The van der Waals surface area contributed by atoms with Crippen molar-refractivity contribution in [3.8, 4) is 5.75 Å². The molecule has 1 fully saturated rings. The van der Waals surface area contributed by atoms with E-state index in [4.69, 9.17) is 35.9 Å². The van der Waals surface area contributed by atoms with Crippen LogP contribution in [0.25, 0.3) is 0 Å². The molecule has 1 unspecified atom stereocenters. The molecule has 1 aromatic heterocycles. The number of carbonyl (C=O) groups excluding carboxylic acids is 1. The Morgan fingerprint density at radius 1 is 1.32 bits per heavy atom. The first-order chi connectivity index (χ1) is 18.5. The maximum absolute atomic E-state index is 14.3. The van der Waals surface area contributed by atoms with Crippen LogP contribution in [0.15, 0.2) is 41.3 Å². The van der Waals surface area contributed by atoms with Crippen molar-refractivity contribution in [2.45, 2.75) is 69.6 Å². The van der Waals surface area contributed by atoms with Gasteiger partial charge in [0.25, 0.3) is 0 Å². The molecule has 11 nitrogen and oxygen atoms in total. The number of nitrogen functional groups attached to an aromatic ring is 1. The van der Waals surface area contributed by atoms with Gasteiger partial charge in [0.1, 0.15) is 35.1 Å². The Labute approximate surface area is 235 Å². The molecule has 0 radical (unpaired) electrons. The quantitative estimate of drug-likeness (QED) is 0.219. The first-order valence-electron chi connectivity index (χ1n) is 12.4. The van der Waals surface area contributed by atoms with Gasteiger partial charge in [-0.3, -0.25) is 13.9 Å². The van der Waals surface area contributed by atoms with Crippen molar-refractivity contribution < 1.29 is 41.8 Å². The fourth-order valence-corrected chi connectivity index (χ4v) is 6.78. The lowest BCUT2D eigenvalue weighted by atomic mass is 9.91. The number of halogens is 3. The van der Waals surface area contributed by atoms with E-state index in [1.807, 2.05) is 0 Å². The second-order valence-electron chi connectivity index (χ2n) is 10.4. The zero-order valence-electron chi connectivity index (χ0n) is 22.6. The lowest BCUT2D eigenvalue weighted by Crippen LogP contribution is -2.51. The highest BCUT2D eigenvalue weighted by molar-refractivity contribution is 7.54. The Bertz CT molecular complexity index is 1310. The molecule has 0 aliphatic carbocycles. The van der Waals surface area contributed by atoms with Crippen molar-refractivity contribution in [2.75, 3.05) is 18.6 Å². The van der Waals surface area contributed by atoms with Crippen molar-refractivity contribution in [1.29, 1.82) is 0 Å².